The molecule has 0 unspecified atom stereocenters. The highest BCUT2D eigenvalue weighted by molar-refractivity contribution is 5.88. The molecule has 0 aromatic heterocycles. The van der Waals surface area contributed by atoms with Crippen molar-refractivity contribution in [2.24, 2.45) is 0 Å². The Bertz CT molecular complexity index is 608. The molecule has 5 heteroatoms. The van der Waals surface area contributed by atoms with E-state index in [0.717, 1.165) is 25.1 Å². The van der Waals surface area contributed by atoms with Gasteiger partial charge in [0.2, 0.25) is 11.8 Å². The largest absolute Gasteiger partial charge is 0.335 e. The third kappa shape index (κ3) is 4.21. The number of hydrogen-bond donors (Lipinski definition) is 0. The second-order valence-corrected chi connectivity index (χ2v) is 7.23. The van der Waals surface area contributed by atoms with E-state index in [1.807, 2.05) is 4.90 Å². The van der Waals surface area contributed by atoms with Crippen LogP contribution in [0.3, 0.4) is 0 Å². The molecule has 1 atom stereocenters. The fourth-order valence-electron chi connectivity index (χ4n) is 3.83. The van der Waals surface area contributed by atoms with Gasteiger partial charge in [0.1, 0.15) is 0 Å². The molecule has 0 radical (unpaired) electrons. The average Bonchev–Trinajstić information content (AvgIpc) is 3.13. The summed E-state index contributed by atoms with van der Waals surface area (Å²) in [6, 6.07) is 8.23. The number of nitrogens with zero attached hydrogens (tertiary/aromatic N) is 3. The monoisotopic (exact) mass is 343 g/mol. The van der Waals surface area contributed by atoms with Crippen LogP contribution in [-0.2, 0) is 16.1 Å². The maximum atomic E-state index is 12.9. The van der Waals surface area contributed by atoms with Gasteiger partial charge in [0, 0.05) is 19.6 Å². The Morgan fingerprint density at radius 2 is 1.76 bits per heavy atom. The topological polar surface area (TPSA) is 43.9 Å². The molecule has 0 bridgehead atoms. The Hall–Kier alpha value is -1.88. The smallest absolute Gasteiger partial charge is 0.242 e. The Kier molecular flexibility index (Phi) is 5.74. The van der Waals surface area contributed by atoms with E-state index >= 15 is 0 Å². The van der Waals surface area contributed by atoms with Gasteiger partial charge in [0.25, 0.3) is 0 Å². The van der Waals surface area contributed by atoms with Gasteiger partial charge >= 0.3 is 0 Å². The lowest BCUT2D eigenvalue weighted by Crippen LogP contribution is -2.56. The van der Waals surface area contributed by atoms with Crippen molar-refractivity contribution in [2.75, 3.05) is 32.7 Å². The van der Waals surface area contributed by atoms with E-state index in [1.54, 1.807) is 4.90 Å². The molecule has 0 aliphatic carbocycles. The number of benzene rings is 1. The number of carbonyl (C=O) groups is 2. The summed E-state index contributed by atoms with van der Waals surface area (Å²) in [7, 11) is 0. The van der Waals surface area contributed by atoms with Gasteiger partial charge in [-0.3, -0.25) is 14.5 Å². The van der Waals surface area contributed by atoms with E-state index in [4.69, 9.17) is 0 Å². The fraction of sp³-hybridized carbons (Fsp3) is 0.600. The first kappa shape index (κ1) is 17.9. The molecule has 0 saturated carbocycles. The summed E-state index contributed by atoms with van der Waals surface area (Å²) in [5.74, 6) is 0.184. The van der Waals surface area contributed by atoms with E-state index in [9.17, 15) is 9.59 Å². The van der Waals surface area contributed by atoms with Crippen LogP contribution in [0.25, 0.3) is 0 Å². The highest BCUT2D eigenvalue weighted by atomic mass is 16.2. The predicted octanol–water partition coefficient (Wildman–Crippen LogP) is 2.04. The third-order valence-corrected chi connectivity index (χ3v) is 5.38. The summed E-state index contributed by atoms with van der Waals surface area (Å²) in [5, 5.41) is 0. The highest BCUT2D eigenvalue weighted by Crippen LogP contribution is 2.18. The molecular weight excluding hydrogens is 314 g/mol. The van der Waals surface area contributed by atoms with E-state index < -0.39 is 0 Å². The van der Waals surface area contributed by atoms with Crippen LogP contribution in [0.4, 0.5) is 0 Å². The first-order valence-corrected chi connectivity index (χ1v) is 9.44. The van der Waals surface area contributed by atoms with Crippen molar-refractivity contribution in [1.29, 1.82) is 0 Å². The Morgan fingerprint density at radius 3 is 2.36 bits per heavy atom. The van der Waals surface area contributed by atoms with Crippen molar-refractivity contribution >= 4 is 11.8 Å². The van der Waals surface area contributed by atoms with Crippen LogP contribution in [0.2, 0.25) is 0 Å². The number of piperazine rings is 1. The van der Waals surface area contributed by atoms with Crippen molar-refractivity contribution in [3.05, 3.63) is 35.4 Å². The summed E-state index contributed by atoms with van der Waals surface area (Å²) in [6.07, 6.45) is 3.16. The maximum Gasteiger partial charge on any atom is 0.242 e. The SMILES string of the molecule is CC[C@@H](C(=O)N1CCN(Cc2ccc(C)cc2)C(=O)C1)N1CCCC1. The van der Waals surface area contributed by atoms with Crippen molar-refractivity contribution in [2.45, 2.75) is 45.7 Å². The highest BCUT2D eigenvalue weighted by Gasteiger charge is 2.34. The predicted molar refractivity (Wildman–Crippen MR) is 98.1 cm³/mol. The lowest BCUT2D eigenvalue weighted by molar-refractivity contribution is -0.148. The molecule has 0 spiro atoms. The first-order chi connectivity index (χ1) is 12.1. The van der Waals surface area contributed by atoms with Gasteiger partial charge in [-0.15, -0.1) is 0 Å². The number of rotatable bonds is 5. The lowest BCUT2D eigenvalue weighted by Gasteiger charge is -2.37. The van der Waals surface area contributed by atoms with Gasteiger partial charge in [-0.25, -0.2) is 0 Å². The molecule has 1 aromatic carbocycles. The quantitative estimate of drug-likeness (QED) is 0.822. The number of aryl methyl sites for hydroxylation is 1. The molecule has 2 fully saturated rings. The number of amides is 2. The molecule has 2 saturated heterocycles. The lowest BCUT2D eigenvalue weighted by atomic mass is 10.1. The number of hydrogen-bond acceptors (Lipinski definition) is 3. The average molecular weight is 343 g/mol. The molecule has 3 rings (SSSR count). The van der Waals surface area contributed by atoms with Crippen molar-refractivity contribution in [3.8, 4) is 0 Å². The van der Waals surface area contributed by atoms with Crippen LogP contribution < -0.4 is 0 Å². The number of likely N-dealkylation sites (tertiary alicyclic amines) is 1. The van der Waals surface area contributed by atoms with Crippen LogP contribution in [0.15, 0.2) is 24.3 Å². The van der Waals surface area contributed by atoms with Gasteiger partial charge < -0.3 is 9.80 Å². The van der Waals surface area contributed by atoms with Crippen molar-refractivity contribution in [3.63, 3.8) is 0 Å². The minimum atomic E-state index is -0.0565. The second-order valence-electron chi connectivity index (χ2n) is 7.23. The Labute approximate surface area is 150 Å². The van der Waals surface area contributed by atoms with Crippen LogP contribution in [-0.4, -0.2) is 65.3 Å². The molecule has 2 amide bonds. The van der Waals surface area contributed by atoms with Gasteiger partial charge in [0.05, 0.1) is 12.6 Å². The van der Waals surface area contributed by atoms with Gasteiger partial charge in [-0.1, -0.05) is 36.8 Å². The fourth-order valence-corrected chi connectivity index (χ4v) is 3.83. The van der Waals surface area contributed by atoms with Crippen LogP contribution >= 0.6 is 0 Å². The van der Waals surface area contributed by atoms with Crippen molar-refractivity contribution < 1.29 is 9.59 Å². The van der Waals surface area contributed by atoms with E-state index in [0.29, 0.717) is 19.6 Å². The third-order valence-electron chi connectivity index (χ3n) is 5.38. The van der Waals surface area contributed by atoms with E-state index in [2.05, 4.69) is 43.0 Å². The molecule has 2 heterocycles. The molecule has 0 N–H and O–H groups in total. The Morgan fingerprint density at radius 1 is 1.08 bits per heavy atom. The van der Waals surface area contributed by atoms with E-state index in [-0.39, 0.29) is 24.4 Å². The summed E-state index contributed by atoms with van der Waals surface area (Å²) < 4.78 is 0. The standard InChI is InChI=1S/C20H29N3O2/c1-3-18(21-10-4-5-11-21)20(25)23-13-12-22(19(24)15-23)14-17-8-6-16(2)7-9-17/h6-9,18H,3-5,10-15H2,1-2H3/t18-/m0/s1. The summed E-state index contributed by atoms with van der Waals surface area (Å²) in [6.45, 7) is 8.24. The number of carbonyl (C=O) groups excluding carboxylic acids is 2. The second kappa shape index (κ2) is 8.00. The van der Waals surface area contributed by atoms with Gasteiger partial charge in [-0.05, 0) is 44.8 Å². The summed E-state index contributed by atoms with van der Waals surface area (Å²) in [5.41, 5.74) is 2.36. The summed E-state index contributed by atoms with van der Waals surface area (Å²) in [4.78, 5) is 31.3. The van der Waals surface area contributed by atoms with E-state index in [1.165, 1.54) is 18.4 Å². The molecule has 2 aliphatic rings. The van der Waals surface area contributed by atoms with Crippen LogP contribution in [0.5, 0.6) is 0 Å². The van der Waals surface area contributed by atoms with Gasteiger partial charge in [-0.2, -0.15) is 0 Å². The minimum Gasteiger partial charge on any atom is -0.335 e. The van der Waals surface area contributed by atoms with Crippen LogP contribution in [0.1, 0.15) is 37.3 Å². The normalized spacial score (nSPS) is 20.2. The molecule has 1 aromatic rings. The van der Waals surface area contributed by atoms with Crippen LogP contribution in [0, 0.1) is 6.92 Å². The van der Waals surface area contributed by atoms with Crippen molar-refractivity contribution in [1.82, 2.24) is 14.7 Å². The molecule has 136 valence electrons. The minimum absolute atomic E-state index is 0.0523. The van der Waals surface area contributed by atoms with Gasteiger partial charge in [0.15, 0.2) is 0 Å². The summed E-state index contributed by atoms with van der Waals surface area (Å²) >= 11 is 0. The molecule has 5 nitrogen and oxygen atoms in total. The first-order valence-electron chi connectivity index (χ1n) is 9.44. The zero-order valence-electron chi connectivity index (χ0n) is 15.4. The Balaban J connectivity index is 1.57. The molecule has 2 aliphatic heterocycles. The zero-order valence-corrected chi connectivity index (χ0v) is 15.4. The molecular formula is C20H29N3O2. The zero-order chi connectivity index (χ0) is 17.8. The molecule has 25 heavy (non-hydrogen) atoms. The maximum absolute atomic E-state index is 12.9.